The van der Waals surface area contributed by atoms with E-state index in [4.69, 9.17) is 3.63 Å². The average Bonchev–Trinajstić information content (AvgIpc) is 2.28. The van der Waals surface area contributed by atoms with E-state index >= 15 is 0 Å². The Hall–Kier alpha value is -0.400. The molecule has 128 valence electrons. The van der Waals surface area contributed by atoms with Gasteiger partial charge in [-0.15, -0.1) is 20.6 Å². The van der Waals surface area contributed by atoms with E-state index in [2.05, 4.69) is 35.7 Å². The van der Waals surface area contributed by atoms with Crippen molar-refractivity contribution in [1.82, 2.24) is 10.6 Å². The third-order valence-corrected chi connectivity index (χ3v) is 8.23. The summed E-state index contributed by atoms with van der Waals surface area (Å²) in [5.74, 6) is 2.03. The van der Waals surface area contributed by atoms with Gasteiger partial charge < -0.3 is 10.6 Å². The van der Waals surface area contributed by atoms with Crippen molar-refractivity contribution < 1.29 is 13.2 Å². The third-order valence-electron chi connectivity index (χ3n) is 2.74. The van der Waals surface area contributed by atoms with Crippen molar-refractivity contribution in [3.05, 3.63) is 0 Å². The van der Waals surface area contributed by atoms with Crippen molar-refractivity contribution in [1.29, 1.82) is 0 Å². The van der Waals surface area contributed by atoms with Crippen LogP contribution < -0.4 is 10.6 Å². The zero-order chi connectivity index (χ0) is 16.5. The summed E-state index contributed by atoms with van der Waals surface area (Å²) in [5, 5.41) is 5.64. The molecule has 0 heterocycles. The van der Waals surface area contributed by atoms with Crippen molar-refractivity contribution >= 4 is 32.4 Å². The second kappa shape index (κ2) is 9.58. The lowest BCUT2D eigenvalue weighted by molar-refractivity contribution is -0.119. The summed E-state index contributed by atoms with van der Waals surface area (Å²) in [5.41, 5.74) is 0. The number of hydrogen-bond donors (Lipinski definition) is 2. The molecule has 0 aliphatic heterocycles. The van der Waals surface area contributed by atoms with Gasteiger partial charge in [-0.2, -0.15) is 0 Å². The summed E-state index contributed by atoms with van der Waals surface area (Å²) in [7, 11) is -2.18. The van der Waals surface area contributed by atoms with Gasteiger partial charge in [-0.05, 0) is 37.9 Å². The average molecular weight is 341 g/mol. The summed E-state index contributed by atoms with van der Waals surface area (Å²) < 4.78 is 6.38. The minimum atomic E-state index is -1.09. The van der Waals surface area contributed by atoms with Gasteiger partial charge >= 0.3 is 0 Å². The first-order valence-corrected chi connectivity index (χ1v) is 12.2. The van der Waals surface area contributed by atoms with Crippen LogP contribution in [-0.2, 0) is 13.2 Å². The van der Waals surface area contributed by atoms with E-state index in [0.29, 0.717) is 13.1 Å². The smallest absolute Gasteiger partial charge is 0.216 e. The summed E-state index contributed by atoms with van der Waals surface area (Å²) in [4.78, 5) is 21.7. The molecule has 0 saturated carbocycles. The van der Waals surface area contributed by atoms with Crippen LogP contribution in [0, 0.1) is 0 Å². The van der Waals surface area contributed by atoms with E-state index in [9.17, 15) is 9.59 Å². The molecule has 2 amide bonds. The molecule has 0 atom stereocenters. The second-order valence-corrected chi connectivity index (χ2v) is 13.1. The van der Waals surface area contributed by atoms with E-state index in [0.717, 1.165) is 24.3 Å². The van der Waals surface area contributed by atoms with E-state index in [1.807, 2.05) is 0 Å². The first-order valence-electron chi connectivity index (χ1n) is 7.16. The zero-order valence-electron chi connectivity index (χ0n) is 14.3. The first kappa shape index (κ1) is 20.6. The van der Waals surface area contributed by atoms with Crippen molar-refractivity contribution in [3.63, 3.8) is 0 Å². The molecule has 0 bridgehead atoms. The molecule has 0 aromatic rings. The second-order valence-electron chi connectivity index (χ2n) is 6.02. The topological polar surface area (TPSA) is 67.4 Å². The Morgan fingerprint density at radius 2 is 1.14 bits per heavy atom. The van der Waals surface area contributed by atoms with Gasteiger partial charge in [0.2, 0.25) is 11.8 Å². The maximum Gasteiger partial charge on any atom is 0.216 e. The van der Waals surface area contributed by atoms with Crippen LogP contribution in [0.25, 0.3) is 0 Å². The van der Waals surface area contributed by atoms with Crippen molar-refractivity contribution in [3.8, 4) is 0 Å². The number of carbonyl (C=O) groups excluding carboxylic acids is 2. The van der Waals surface area contributed by atoms with Crippen LogP contribution in [0.2, 0.25) is 0 Å². The SMILES string of the molecule is CC(=O)NCCCS(C)(C)OS(C)(C)CCCNC(C)=O. The van der Waals surface area contributed by atoms with Gasteiger partial charge in [0, 0.05) is 38.4 Å². The number of amides is 2. The quantitative estimate of drug-likeness (QED) is 0.598. The van der Waals surface area contributed by atoms with Gasteiger partial charge in [0.15, 0.2) is 0 Å². The molecule has 0 aliphatic carbocycles. The highest BCUT2D eigenvalue weighted by Gasteiger charge is 2.21. The third kappa shape index (κ3) is 13.0. The van der Waals surface area contributed by atoms with Gasteiger partial charge in [0.1, 0.15) is 0 Å². The summed E-state index contributed by atoms with van der Waals surface area (Å²) >= 11 is 0. The van der Waals surface area contributed by atoms with Crippen LogP contribution in [0.4, 0.5) is 0 Å². The molecule has 0 rings (SSSR count). The predicted molar refractivity (Wildman–Crippen MR) is 96.3 cm³/mol. The Morgan fingerprint density at radius 3 is 1.43 bits per heavy atom. The zero-order valence-corrected chi connectivity index (χ0v) is 15.9. The van der Waals surface area contributed by atoms with Gasteiger partial charge in [0.05, 0.1) is 0 Å². The van der Waals surface area contributed by atoms with Crippen LogP contribution >= 0.6 is 20.6 Å². The molecule has 0 spiro atoms. The lowest BCUT2D eigenvalue weighted by Crippen LogP contribution is -2.24. The summed E-state index contributed by atoms with van der Waals surface area (Å²) in [6.07, 6.45) is 10.6. The normalized spacial score (nSPS) is 13.6. The Balaban J connectivity index is 4.03. The Bertz CT molecular complexity index is 315. The molecule has 2 N–H and O–H groups in total. The maximum absolute atomic E-state index is 10.8. The van der Waals surface area contributed by atoms with E-state index < -0.39 is 20.6 Å². The molecule has 0 aliphatic rings. The van der Waals surface area contributed by atoms with Crippen LogP contribution in [0.1, 0.15) is 26.7 Å². The molecule has 0 radical (unpaired) electrons. The molecule has 21 heavy (non-hydrogen) atoms. The standard InChI is InChI=1S/C14H32N2O3S2/c1-13(17)15-9-7-11-20(3,4)19-21(5,6)12-8-10-16-14(2)18/h7-12H2,1-6H3,(H,15,17)(H,16,18). The van der Waals surface area contributed by atoms with E-state index in [1.54, 1.807) is 0 Å². The number of rotatable bonds is 10. The van der Waals surface area contributed by atoms with Crippen LogP contribution in [0.5, 0.6) is 0 Å². The monoisotopic (exact) mass is 340 g/mol. The van der Waals surface area contributed by atoms with E-state index in [-0.39, 0.29) is 11.8 Å². The van der Waals surface area contributed by atoms with Crippen molar-refractivity contribution in [2.24, 2.45) is 0 Å². The van der Waals surface area contributed by atoms with Crippen LogP contribution in [0.15, 0.2) is 0 Å². The fourth-order valence-corrected chi connectivity index (χ4v) is 8.15. The fourth-order valence-electron chi connectivity index (χ4n) is 1.94. The van der Waals surface area contributed by atoms with Gasteiger partial charge in [-0.25, -0.2) is 0 Å². The Morgan fingerprint density at radius 1 is 0.810 bits per heavy atom. The Kier molecular flexibility index (Phi) is 9.40. The highest BCUT2D eigenvalue weighted by atomic mass is 32.3. The molecular weight excluding hydrogens is 308 g/mol. The largest absolute Gasteiger partial charge is 0.356 e. The highest BCUT2D eigenvalue weighted by molar-refractivity contribution is 8.40. The number of carbonyl (C=O) groups is 2. The summed E-state index contributed by atoms with van der Waals surface area (Å²) in [6.45, 7) is 4.51. The molecule has 5 nitrogen and oxygen atoms in total. The maximum atomic E-state index is 10.8. The molecule has 7 heteroatoms. The Labute approximate surface area is 133 Å². The van der Waals surface area contributed by atoms with Crippen LogP contribution in [-0.4, -0.2) is 61.4 Å². The first-order chi connectivity index (χ1) is 9.54. The number of hydrogen-bond acceptors (Lipinski definition) is 3. The van der Waals surface area contributed by atoms with Gasteiger partial charge in [0.25, 0.3) is 0 Å². The minimum absolute atomic E-state index is 0.0210. The lowest BCUT2D eigenvalue weighted by atomic mass is 10.5. The predicted octanol–water partition coefficient (Wildman–Crippen LogP) is 2.01. The molecule has 0 aromatic heterocycles. The number of nitrogens with one attached hydrogen (secondary N) is 2. The van der Waals surface area contributed by atoms with Crippen molar-refractivity contribution in [2.75, 3.05) is 49.6 Å². The van der Waals surface area contributed by atoms with E-state index in [1.165, 1.54) is 13.8 Å². The minimum Gasteiger partial charge on any atom is -0.356 e. The van der Waals surface area contributed by atoms with Gasteiger partial charge in [-0.3, -0.25) is 13.2 Å². The lowest BCUT2D eigenvalue weighted by Gasteiger charge is -2.42. The fraction of sp³-hybridized carbons (Fsp3) is 0.857. The molecular formula is C14H32N2O3S2. The van der Waals surface area contributed by atoms with Crippen LogP contribution in [0.3, 0.4) is 0 Å². The molecule has 0 unspecified atom stereocenters. The van der Waals surface area contributed by atoms with Crippen molar-refractivity contribution in [2.45, 2.75) is 26.7 Å². The summed E-state index contributed by atoms with van der Waals surface area (Å²) in [6, 6.07) is 0. The highest BCUT2D eigenvalue weighted by Crippen LogP contribution is 2.57. The molecule has 0 aromatic carbocycles. The molecule has 0 saturated heterocycles. The molecule has 0 fully saturated rings. The van der Waals surface area contributed by atoms with Gasteiger partial charge in [-0.1, -0.05) is 0 Å².